The van der Waals surface area contributed by atoms with Gasteiger partial charge < -0.3 is 34.3 Å². The van der Waals surface area contributed by atoms with E-state index in [0.717, 1.165) is 94.5 Å². The lowest BCUT2D eigenvalue weighted by Crippen LogP contribution is -1.98. The second kappa shape index (κ2) is 18.8. The van der Waals surface area contributed by atoms with Gasteiger partial charge in [0, 0.05) is 58.5 Å². The van der Waals surface area contributed by atoms with Crippen molar-refractivity contribution in [1.82, 2.24) is 49.9 Å². The smallest absolute Gasteiger partial charge is 0.183 e. The molecule has 0 aliphatic rings. The zero-order valence-electron chi connectivity index (χ0n) is 33.2. The first kappa shape index (κ1) is 42.6. The first-order valence-electron chi connectivity index (χ1n) is 19.2. The summed E-state index contributed by atoms with van der Waals surface area (Å²) in [5.74, 6) is 2.81. The van der Waals surface area contributed by atoms with Crippen LogP contribution in [0.3, 0.4) is 0 Å². The zero-order valence-corrected chi connectivity index (χ0v) is 33.2. The van der Waals surface area contributed by atoms with E-state index in [-0.39, 0.29) is 14.9 Å². The standard InChI is InChI=1S/C12H10N4O.2C12H10N2O.C11H8N2O.2CH4/c1-17-10-5-2-4-9(8-10)16-12-11(14-15-16)6-3-7-13-12;1-15-10-6-2-5-9-11(10)8-4-3-7-13-12(8)14-9;1-15-8-4-5-9-10-3-2-6-13-12(10)14-11(9)7-8;14-9-5-1-4-8-10(9)7-3-2-6-12-11(7)13-8;;/h2-8H,1H3;2*2-7H,1H3,(H,13,14);1-6,14H,(H,12,13);2*1H4. The molecule has 0 bridgehead atoms. The maximum atomic E-state index is 9.71. The predicted octanol–water partition coefficient (Wildman–Crippen LogP) is 11.0. The molecule has 0 spiro atoms. The van der Waals surface area contributed by atoms with Crippen LogP contribution in [0.4, 0.5) is 0 Å². The molecule has 0 atom stereocenters. The number of ether oxygens (including phenoxy) is 3. The van der Waals surface area contributed by atoms with Gasteiger partial charge in [-0.2, -0.15) is 4.68 Å². The maximum absolute atomic E-state index is 9.71. The van der Waals surface area contributed by atoms with E-state index in [9.17, 15) is 5.11 Å². The Hall–Kier alpha value is -8.52. The van der Waals surface area contributed by atoms with E-state index in [2.05, 4.69) is 57.3 Å². The molecule has 0 radical (unpaired) electrons. The van der Waals surface area contributed by atoms with Crippen LogP contribution in [0.1, 0.15) is 14.9 Å². The second-order valence-corrected chi connectivity index (χ2v) is 13.6. The van der Waals surface area contributed by atoms with Crippen molar-refractivity contribution >= 4 is 77.0 Å². The van der Waals surface area contributed by atoms with Crippen LogP contribution in [0.15, 0.2) is 152 Å². The van der Waals surface area contributed by atoms with Crippen LogP contribution in [0.2, 0.25) is 0 Å². The first-order valence-corrected chi connectivity index (χ1v) is 19.2. The van der Waals surface area contributed by atoms with E-state index in [1.165, 1.54) is 5.39 Å². The van der Waals surface area contributed by atoms with E-state index in [0.29, 0.717) is 5.75 Å². The molecule has 316 valence electrons. The van der Waals surface area contributed by atoms with E-state index < -0.39 is 0 Å². The molecule has 0 amide bonds. The number of rotatable bonds is 4. The number of nitrogens with zero attached hydrogens (tertiary/aromatic N) is 7. The van der Waals surface area contributed by atoms with Gasteiger partial charge in [-0.3, -0.25) is 0 Å². The normalized spacial score (nSPS) is 10.6. The summed E-state index contributed by atoms with van der Waals surface area (Å²) in [4.78, 5) is 26.7. The van der Waals surface area contributed by atoms with Gasteiger partial charge in [0.2, 0.25) is 0 Å². The summed E-state index contributed by atoms with van der Waals surface area (Å²) in [5.41, 5.74) is 8.05. The number of benzene rings is 4. The average Bonchev–Trinajstić information content (AvgIpc) is 4.11. The number of nitrogens with one attached hydrogen (secondary N) is 3. The van der Waals surface area contributed by atoms with Gasteiger partial charge in [-0.05, 0) is 97.1 Å². The van der Waals surface area contributed by atoms with Gasteiger partial charge >= 0.3 is 0 Å². The Bertz CT molecular complexity index is 3440. The molecule has 8 heterocycles. The van der Waals surface area contributed by atoms with Crippen LogP contribution < -0.4 is 14.2 Å². The molecule has 12 rings (SSSR count). The Morgan fingerprint density at radius 2 is 1.06 bits per heavy atom. The number of phenols is 1. The third-order valence-corrected chi connectivity index (χ3v) is 10.0. The summed E-state index contributed by atoms with van der Waals surface area (Å²) in [7, 11) is 4.99. The summed E-state index contributed by atoms with van der Waals surface area (Å²) < 4.78 is 17.4. The molecular weight excluding hydrogens is 793 g/mol. The maximum Gasteiger partial charge on any atom is 0.183 e. The summed E-state index contributed by atoms with van der Waals surface area (Å²) in [6.45, 7) is 0. The Balaban J connectivity index is 0.000000125. The van der Waals surface area contributed by atoms with Crippen LogP contribution in [-0.2, 0) is 0 Å². The molecule has 4 N–H and O–H groups in total. The highest BCUT2D eigenvalue weighted by Crippen LogP contribution is 2.33. The molecule has 0 aliphatic heterocycles. The van der Waals surface area contributed by atoms with Crippen molar-refractivity contribution in [2.45, 2.75) is 14.9 Å². The fraction of sp³-hybridized carbons (Fsp3) is 0.102. The van der Waals surface area contributed by atoms with Gasteiger partial charge in [-0.25, -0.2) is 19.9 Å². The third kappa shape index (κ3) is 8.45. The number of hydrogen-bond acceptors (Lipinski definition) is 10. The Kier molecular flexibility index (Phi) is 12.7. The quantitative estimate of drug-likeness (QED) is 0.133. The summed E-state index contributed by atoms with van der Waals surface area (Å²) >= 11 is 0. The van der Waals surface area contributed by atoms with Crippen molar-refractivity contribution in [3.05, 3.63) is 152 Å². The minimum Gasteiger partial charge on any atom is -0.507 e. The van der Waals surface area contributed by atoms with Crippen LogP contribution in [0.5, 0.6) is 23.0 Å². The number of pyridine rings is 4. The van der Waals surface area contributed by atoms with Crippen LogP contribution in [-0.4, -0.2) is 76.3 Å². The van der Waals surface area contributed by atoms with Crippen LogP contribution >= 0.6 is 0 Å². The van der Waals surface area contributed by atoms with Gasteiger partial charge in [0.1, 0.15) is 45.5 Å². The molecule has 0 aliphatic carbocycles. The van der Waals surface area contributed by atoms with Gasteiger partial charge in [-0.15, -0.1) is 5.10 Å². The molecule has 8 aromatic heterocycles. The molecule has 63 heavy (non-hydrogen) atoms. The molecule has 0 unspecified atom stereocenters. The number of fused-ring (bicyclic) bond motifs is 10. The molecular formula is C49H46N10O4. The Morgan fingerprint density at radius 1 is 0.492 bits per heavy atom. The summed E-state index contributed by atoms with van der Waals surface area (Å²) in [6, 6.07) is 40.5. The highest BCUT2D eigenvalue weighted by molar-refractivity contribution is 6.10. The van der Waals surface area contributed by atoms with Crippen molar-refractivity contribution in [3.63, 3.8) is 0 Å². The predicted molar refractivity (Wildman–Crippen MR) is 252 cm³/mol. The van der Waals surface area contributed by atoms with Crippen molar-refractivity contribution in [3.8, 4) is 28.7 Å². The number of H-pyrrole nitrogens is 3. The lowest BCUT2D eigenvalue weighted by Gasteiger charge is -2.03. The van der Waals surface area contributed by atoms with Crippen molar-refractivity contribution < 1.29 is 19.3 Å². The Morgan fingerprint density at radius 3 is 1.76 bits per heavy atom. The third-order valence-electron chi connectivity index (χ3n) is 10.0. The van der Waals surface area contributed by atoms with E-state index in [4.69, 9.17) is 14.2 Å². The van der Waals surface area contributed by atoms with Crippen LogP contribution in [0, 0.1) is 0 Å². The molecule has 14 nitrogen and oxygen atoms in total. The lowest BCUT2D eigenvalue weighted by molar-refractivity contribution is 0.414. The van der Waals surface area contributed by atoms with Gasteiger partial charge in [-0.1, -0.05) is 38.3 Å². The molecule has 12 aromatic rings. The molecule has 0 saturated heterocycles. The molecule has 4 aromatic carbocycles. The van der Waals surface area contributed by atoms with E-state index in [1.807, 2.05) is 109 Å². The number of aromatic amines is 3. The number of hydrogen-bond donors (Lipinski definition) is 4. The van der Waals surface area contributed by atoms with Crippen molar-refractivity contribution in [2.24, 2.45) is 0 Å². The zero-order chi connectivity index (χ0) is 41.7. The fourth-order valence-corrected chi connectivity index (χ4v) is 7.20. The summed E-state index contributed by atoms with van der Waals surface area (Å²) in [6.07, 6.45) is 7.02. The van der Waals surface area contributed by atoms with Gasteiger partial charge in [0.15, 0.2) is 5.65 Å². The molecule has 0 fully saturated rings. The van der Waals surface area contributed by atoms with Crippen molar-refractivity contribution in [1.29, 1.82) is 0 Å². The fourth-order valence-electron chi connectivity index (χ4n) is 7.20. The topological polar surface area (TPSA) is 178 Å². The minimum atomic E-state index is 0. The summed E-state index contributed by atoms with van der Waals surface area (Å²) in [5, 5.41) is 24.2. The van der Waals surface area contributed by atoms with E-state index in [1.54, 1.807) is 56.9 Å². The highest BCUT2D eigenvalue weighted by atomic mass is 16.5. The second-order valence-electron chi connectivity index (χ2n) is 13.6. The average molecular weight is 839 g/mol. The lowest BCUT2D eigenvalue weighted by atomic mass is 10.2. The largest absolute Gasteiger partial charge is 0.507 e. The monoisotopic (exact) mass is 838 g/mol. The minimum absolute atomic E-state index is 0. The SMILES string of the molecule is C.C.COc1ccc2c(c1)[nH]c1ncccc12.COc1cccc(-n2nnc3cccnc32)c1.COc1cccc2[nH]c3ncccc3c12.Oc1cccc2[nH]c3ncccc3c12. The van der Waals surface area contributed by atoms with Gasteiger partial charge in [0.25, 0.3) is 0 Å². The first-order chi connectivity index (χ1) is 30.0. The number of aromatic nitrogens is 10. The van der Waals surface area contributed by atoms with Gasteiger partial charge in [0.05, 0.1) is 54.3 Å². The highest BCUT2D eigenvalue weighted by Gasteiger charge is 2.10. The molecule has 14 heteroatoms. The van der Waals surface area contributed by atoms with Crippen LogP contribution in [0.25, 0.3) is 82.7 Å². The number of aromatic hydroxyl groups is 1. The number of methoxy groups -OCH3 is 3. The number of phenolic OH excluding ortho intramolecular Hbond substituents is 1. The Labute approximate surface area is 362 Å². The van der Waals surface area contributed by atoms with Crippen molar-refractivity contribution in [2.75, 3.05) is 21.3 Å². The molecule has 0 saturated carbocycles. The van der Waals surface area contributed by atoms with E-state index >= 15 is 0 Å².